The van der Waals surface area contributed by atoms with Gasteiger partial charge in [0.2, 0.25) is 6.79 Å². The minimum atomic E-state index is -0.561. The second-order valence-electron chi connectivity index (χ2n) is 8.68. The molecule has 8 heteroatoms. The quantitative estimate of drug-likeness (QED) is 0.186. The lowest BCUT2D eigenvalue weighted by Gasteiger charge is -2.11. The first-order chi connectivity index (χ1) is 18.6. The summed E-state index contributed by atoms with van der Waals surface area (Å²) < 4.78 is 17.6. The molecule has 1 aliphatic heterocycles. The highest BCUT2D eigenvalue weighted by atomic mass is 16.7. The Morgan fingerprint density at radius 2 is 1.76 bits per heavy atom. The number of carbonyl (C=O) groups is 1. The van der Waals surface area contributed by atoms with Gasteiger partial charge >= 0.3 is 5.97 Å². The van der Waals surface area contributed by atoms with Crippen LogP contribution < -0.4 is 19.8 Å². The standard InChI is InChI=1S/C30H21N3O5/c1-19-7-6-9-20(15-19)28-32-24-11-4-3-10-23(24)29(34)33(28)31-17-22-8-2-5-12-25(22)38-30(35)21-13-14-26-27(16-21)37-18-36-26/h2-17H,18H2,1H3. The molecule has 38 heavy (non-hydrogen) atoms. The van der Waals surface area contributed by atoms with E-state index in [-0.39, 0.29) is 18.1 Å². The zero-order valence-electron chi connectivity index (χ0n) is 20.3. The van der Waals surface area contributed by atoms with Gasteiger partial charge in [0.25, 0.3) is 5.56 Å². The van der Waals surface area contributed by atoms with Crippen LogP contribution >= 0.6 is 0 Å². The van der Waals surface area contributed by atoms with Gasteiger partial charge in [0.05, 0.1) is 22.7 Å². The molecule has 0 saturated carbocycles. The normalized spacial score (nSPS) is 12.2. The van der Waals surface area contributed by atoms with Crippen molar-refractivity contribution in [3.63, 3.8) is 0 Å². The summed E-state index contributed by atoms with van der Waals surface area (Å²) >= 11 is 0. The molecule has 0 fully saturated rings. The van der Waals surface area contributed by atoms with Gasteiger partial charge in [-0.1, -0.05) is 48.0 Å². The second kappa shape index (κ2) is 9.67. The zero-order chi connectivity index (χ0) is 26.1. The van der Waals surface area contributed by atoms with Crippen LogP contribution in [0, 0.1) is 6.92 Å². The van der Waals surface area contributed by atoms with E-state index in [4.69, 9.17) is 19.2 Å². The lowest BCUT2D eigenvalue weighted by Crippen LogP contribution is -2.20. The van der Waals surface area contributed by atoms with Crippen LogP contribution in [0.2, 0.25) is 0 Å². The molecule has 0 unspecified atom stereocenters. The van der Waals surface area contributed by atoms with Crippen molar-refractivity contribution < 1.29 is 19.0 Å². The number of hydrogen-bond acceptors (Lipinski definition) is 7. The van der Waals surface area contributed by atoms with Crippen molar-refractivity contribution in [2.45, 2.75) is 6.92 Å². The Balaban J connectivity index is 1.38. The van der Waals surface area contributed by atoms with Gasteiger partial charge in [-0.25, -0.2) is 9.78 Å². The highest BCUT2D eigenvalue weighted by molar-refractivity contribution is 5.94. The fourth-order valence-electron chi connectivity index (χ4n) is 4.18. The molecule has 0 amide bonds. The highest BCUT2D eigenvalue weighted by Crippen LogP contribution is 2.33. The van der Waals surface area contributed by atoms with Crippen molar-refractivity contribution in [1.82, 2.24) is 9.66 Å². The van der Waals surface area contributed by atoms with Crippen molar-refractivity contribution in [2.75, 3.05) is 6.79 Å². The second-order valence-corrected chi connectivity index (χ2v) is 8.68. The van der Waals surface area contributed by atoms with Gasteiger partial charge < -0.3 is 14.2 Å². The first-order valence-corrected chi connectivity index (χ1v) is 11.9. The van der Waals surface area contributed by atoms with Crippen LogP contribution in [0.15, 0.2) is 101 Å². The van der Waals surface area contributed by atoms with Gasteiger partial charge in [0.15, 0.2) is 17.3 Å². The first kappa shape index (κ1) is 23.2. The number of rotatable bonds is 5. The van der Waals surface area contributed by atoms with Gasteiger partial charge in [-0.3, -0.25) is 4.79 Å². The van der Waals surface area contributed by atoms with Crippen LogP contribution in [0.4, 0.5) is 0 Å². The molecule has 5 aromatic rings. The van der Waals surface area contributed by atoms with Gasteiger partial charge in [0, 0.05) is 11.1 Å². The average Bonchev–Trinajstić information content (AvgIpc) is 3.41. The minimum Gasteiger partial charge on any atom is -0.454 e. The van der Waals surface area contributed by atoms with Crippen molar-refractivity contribution >= 4 is 23.1 Å². The maximum Gasteiger partial charge on any atom is 0.343 e. The molecule has 0 saturated heterocycles. The van der Waals surface area contributed by atoms with E-state index in [0.29, 0.717) is 39.4 Å². The monoisotopic (exact) mass is 503 g/mol. The third-order valence-electron chi connectivity index (χ3n) is 6.07. The molecule has 2 heterocycles. The van der Waals surface area contributed by atoms with Crippen molar-refractivity contribution in [3.05, 3.63) is 118 Å². The number of benzene rings is 4. The molecule has 186 valence electrons. The molecule has 0 N–H and O–H groups in total. The van der Waals surface area contributed by atoms with Crippen LogP contribution in [-0.2, 0) is 0 Å². The van der Waals surface area contributed by atoms with Gasteiger partial charge in [0.1, 0.15) is 5.75 Å². The molecule has 0 atom stereocenters. The topological polar surface area (TPSA) is 92.0 Å². The molecule has 0 aliphatic carbocycles. The summed E-state index contributed by atoms with van der Waals surface area (Å²) in [5.41, 5.74) is 2.89. The van der Waals surface area contributed by atoms with Crippen LogP contribution in [0.25, 0.3) is 22.3 Å². The van der Waals surface area contributed by atoms with Crippen molar-refractivity contribution in [2.24, 2.45) is 5.10 Å². The Labute approximate surface area is 217 Å². The van der Waals surface area contributed by atoms with Crippen molar-refractivity contribution in [1.29, 1.82) is 0 Å². The van der Waals surface area contributed by atoms with Gasteiger partial charge in [-0.2, -0.15) is 9.78 Å². The predicted octanol–water partition coefficient (Wildman–Crippen LogP) is 5.20. The van der Waals surface area contributed by atoms with E-state index in [1.165, 1.54) is 10.9 Å². The molecule has 0 bridgehead atoms. The highest BCUT2D eigenvalue weighted by Gasteiger charge is 2.18. The summed E-state index contributed by atoms with van der Waals surface area (Å²) in [5.74, 6) is 1.20. The number of fused-ring (bicyclic) bond motifs is 2. The SMILES string of the molecule is Cc1cccc(-c2nc3ccccc3c(=O)n2N=Cc2ccccc2OC(=O)c2ccc3c(c2)OCO3)c1. The lowest BCUT2D eigenvalue weighted by molar-refractivity contribution is 0.0734. The number of hydrogen-bond donors (Lipinski definition) is 0. The smallest absolute Gasteiger partial charge is 0.343 e. The zero-order valence-corrected chi connectivity index (χ0v) is 20.3. The Kier molecular flexibility index (Phi) is 5.89. The maximum atomic E-state index is 13.5. The Hall–Kier alpha value is -5.24. The van der Waals surface area contributed by atoms with Gasteiger partial charge in [-0.15, -0.1) is 0 Å². The van der Waals surface area contributed by atoms with E-state index in [0.717, 1.165) is 11.1 Å². The number of para-hydroxylation sites is 2. The minimum absolute atomic E-state index is 0.112. The maximum absolute atomic E-state index is 13.5. The fourth-order valence-corrected chi connectivity index (χ4v) is 4.18. The third-order valence-corrected chi connectivity index (χ3v) is 6.07. The average molecular weight is 504 g/mol. The molecular formula is C30H21N3O5. The molecule has 1 aliphatic rings. The third kappa shape index (κ3) is 4.39. The van der Waals surface area contributed by atoms with E-state index in [1.54, 1.807) is 60.7 Å². The number of ether oxygens (including phenoxy) is 3. The summed E-state index contributed by atoms with van der Waals surface area (Å²) in [5, 5.41) is 4.96. The lowest BCUT2D eigenvalue weighted by atomic mass is 10.1. The number of aryl methyl sites for hydroxylation is 1. The summed E-state index contributed by atoms with van der Waals surface area (Å²) in [7, 11) is 0. The summed E-state index contributed by atoms with van der Waals surface area (Å²) in [6, 6.07) is 26.7. The van der Waals surface area contributed by atoms with E-state index in [2.05, 4.69) is 5.10 Å². The predicted molar refractivity (Wildman–Crippen MR) is 143 cm³/mol. The summed E-state index contributed by atoms with van der Waals surface area (Å²) in [6.45, 7) is 2.08. The van der Waals surface area contributed by atoms with Crippen LogP contribution in [0.3, 0.4) is 0 Å². The molecule has 1 aromatic heterocycles. The van der Waals surface area contributed by atoms with Crippen LogP contribution in [0.1, 0.15) is 21.5 Å². The Morgan fingerprint density at radius 3 is 2.66 bits per heavy atom. The molecule has 0 radical (unpaired) electrons. The number of nitrogens with zero attached hydrogens (tertiary/aromatic N) is 3. The number of aromatic nitrogens is 2. The van der Waals surface area contributed by atoms with E-state index in [1.807, 2.05) is 37.3 Å². The van der Waals surface area contributed by atoms with E-state index < -0.39 is 5.97 Å². The Bertz CT molecular complexity index is 1790. The van der Waals surface area contributed by atoms with Crippen LogP contribution in [-0.4, -0.2) is 28.6 Å². The molecule has 6 rings (SSSR count). The van der Waals surface area contributed by atoms with Gasteiger partial charge in [-0.05, 0) is 55.5 Å². The molecule has 8 nitrogen and oxygen atoms in total. The van der Waals surface area contributed by atoms with E-state index in [9.17, 15) is 9.59 Å². The molecule has 4 aromatic carbocycles. The Morgan fingerprint density at radius 1 is 0.947 bits per heavy atom. The van der Waals surface area contributed by atoms with Crippen LogP contribution in [0.5, 0.6) is 17.2 Å². The summed E-state index contributed by atoms with van der Waals surface area (Å²) in [6.07, 6.45) is 1.49. The summed E-state index contributed by atoms with van der Waals surface area (Å²) in [4.78, 5) is 31.1. The molecule has 0 spiro atoms. The largest absolute Gasteiger partial charge is 0.454 e. The first-order valence-electron chi connectivity index (χ1n) is 11.9. The van der Waals surface area contributed by atoms with E-state index >= 15 is 0 Å². The number of esters is 1. The fraction of sp³-hybridized carbons (Fsp3) is 0.0667. The van der Waals surface area contributed by atoms with Crippen molar-refractivity contribution in [3.8, 4) is 28.6 Å². The number of carbonyl (C=O) groups excluding carboxylic acids is 1. The molecular weight excluding hydrogens is 482 g/mol.